The number of pyridine rings is 2. The molecule has 3 nitrogen and oxygen atoms in total. The maximum absolute atomic E-state index is 2.51. The van der Waals surface area contributed by atoms with Crippen LogP contribution in [0, 0.1) is 0 Å². The minimum atomic E-state index is 0. The van der Waals surface area contributed by atoms with Crippen LogP contribution in [-0.4, -0.2) is 17.5 Å². The Balaban J connectivity index is 0.00000204. The van der Waals surface area contributed by atoms with Gasteiger partial charge in [0.25, 0.3) is 5.65 Å². The van der Waals surface area contributed by atoms with Crippen LogP contribution in [0.4, 0.5) is 5.69 Å². The number of nitrogens with zero attached hydrogens (tertiary/aromatic N) is 3. The predicted octanol–water partition coefficient (Wildman–Crippen LogP) is 2.89. The van der Waals surface area contributed by atoms with Gasteiger partial charge in [-0.05, 0) is 72.4 Å². The van der Waals surface area contributed by atoms with Crippen LogP contribution in [0.3, 0.4) is 0 Å². The summed E-state index contributed by atoms with van der Waals surface area (Å²) >= 11 is 0. The van der Waals surface area contributed by atoms with Gasteiger partial charge >= 0.3 is 0 Å². The molecule has 0 spiro atoms. The van der Waals surface area contributed by atoms with Crippen LogP contribution in [0.1, 0.15) is 39.2 Å². The van der Waals surface area contributed by atoms with Gasteiger partial charge in [0.05, 0.1) is 0 Å². The van der Waals surface area contributed by atoms with Crippen molar-refractivity contribution >= 4 is 38.7 Å². The maximum atomic E-state index is 2.51. The molecule has 0 saturated carbocycles. The Morgan fingerprint density at radius 2 is 1.58 bits per heavy atom. The smallest absolute Gasteiger partial charge is 0.292 e. The van der Waals surface area contributed by atoms with E-state index in [4.69, 9.17) is 0 Å². The summed E-state index contributed by atoms with van der Waals surface area (Å²) in [5.74, 6) is 0. The molecule has 6 rings (SSSR count). The van der Waals surface area contributed by atoms with Gasteiger partial charge in [-0.1, -0.05) is 26.8 Å². The molecule has 0 atom stereocenters. The second kappa shape index (κ2) is 7.37. The lowest BCUT2D eigenvalue weighted by Crippen LogP contribution is -3.00. The summed E-state index contributed by atoms with van der Waals surface area (Å²) in [6.07, 6.45) is 4.88. The normalized spacial score (nSPS) is 14.7. The molecule has 5 aromatic rings. The third-order valence-electron chi connectivity index (χ3n) is 6.72. The van der Waals surface area contributed by atoms with E-state index in [1.165, 1.54) is 70.2 Å². The lowest BCUT2D eigenvalue weighted by Gasteiger charge is -2.19. The lowest BCUT2D eigenvalue weighted by molar-refractivity contribution is -0.479. The first-order valence-electron chi connectivity index (χ1n) is 11.1. The van der Waals surface area contributed by atoms with Crippen LogP contribution in [0.5, 0.6) is 0 Å². The molecule has 4 heterocycles. The largest absolute Gasteiger partial charge is 1.00 e. The molecular formula is C27H28IN3. The van der Waals surface area contributed by atoms with E-state index >= 15 is 0 Å². The molecule has 0 radical (unpaired) electrons. The quantitative estimate of drug-likeness (QED) is 0.244. The second-order valence-electron chi connectivity index (χ2n) is 9.75. The fourth-order valence-corrected chi connectivity index (χ4v) is 4.99. The van der Waals surface area contributed by atoms with Crippen molar-refractivity contribution in [1.29, 1.82) is 0 Å². The summed E-state index contributed by atoms with van der Waals surface area (Å²) in [6, 6.07) is 22.9. The van der Waals surface area contributed by atoms with Crippen molar-refractivity contribution in [3.05, 3.63) is 72.4 Å². The van der Waals surface area contributed by atoms with Crippen LogP contribution >= 0.6 is 0 Å². The zero-order valence-corrected chi connectivity index (χ0v) is 20.6. The Bertz CT molecular complexity index is 1440. The summed E-state index contributed by atoms with van der Waals surface area (Å²) in [5.41, 5.74) is 7.84. The van der Waals surface area contributed by atoms with Crippen LogP contribution in [0.15, 0.2) is 66.9 Å². The summed E-state index contributed by atoms with van der Waals surface area (Å²) in [7, 11) is 0. The first-order valence-corrected chi connectivity index (χ1v) is 11.1. The summed E-state index contributed by atoms with van der Waals surface area (Å²) in [4.78, 5) is 2.51. The van der Waals surface area contributed by atoms with Crippen molar-refractivity contribution in [1.82, 2.24) is 4.40 Å². The molecule has 31 heavy (non-hydrogen) atoms. The van der Waals surface area contributed by atoms with Gasteiger partial charge in [-0.2, -0.15) is 8.80 Å². The first-order chi connectivity index (χ1) is 14.5. The highest BCUT2D eigenvalue weighted by molar-refractivity contribution is 5.88. The van der Waals surface area contributed by atoms with Crippen molar-refractivity contribution in [2.24, 2.45) is 0 Å². The number of hydrogen-bond donors (Lipinski definition) is 0. The molecule has 158 valence electrons. The monoisotopic (exact) mass is 521 g/mol. The van der Waals surface area contributed by atoms with Crippen LogP contribution < -0.4 is 33.3 Å². The number of aromatic nitrogens is 2. The van der Waals surface area contributed by atoms with Crippen LogP contribution in [0.2, 0.25) is 0 Å². The third-order valence-corrected chi connectivity index (χ3v) is 6.72. The predicted molar refractivity (Wildman–Crippen MR) is 126 cm³/mol. The van der Waals surface area contributed by atoms with E-state index < -0.39 is 0 Å². The number of anilines is 1. The molecule has 2 aromatic carbocycles. The van der Waals surface area contributed by atoms with E-state index in [1.807, 2.05) is 0 Å². The number of halogens is 1. The van der Waals surface area contributed by atoms with Gasteiger partial charge in [0.1, 0.15) is 17.2 Å². The van der Waals surface area contributed by atoms with Crippen molar-refractivity contribution < 1.29 is 28.4 Å². The molecule has 0 N–H and O–H groups in total. The van der Waals surface area contributed by atoms with Crippen molar-refractivity contribution in [3.63, 3.8) is 0 Å². The molecule has 0 bridgehead atoms. The van der Waals surface area contributed by atoms with E-state index in [-0.39, 0.29) is 29.4 Å². The van der Waals surface area contributed by atoms with Crippen LogP contribution in [0.25, 0.3) is 33.0 Å². The third kappa shape index (κ3) is 3.27. The fourth-order valence-electron chi connectivity index (χ4n) is 4.99. The molecule has 1 fully saturated rings. The molecule has 0 amide bonds. The number of fused-ring (bicyclic) bond motifs is 7. The molecule has 0 unspecified atom stereocenters. The number of rotatable bonds is 1. The number of hydrogen-bond acceptors (Lipinski definition) is 1. The second-order valence-corrected chi connectivity index (χ2v) is 9.75. The minimum absolute atomic E-state index is 0. The zero-order valence-electron chi connectivity index (χ0n) is 18.4. The molecule has 3 aromatic heterocycles. The molecule has 1 saturated heterocycles. The van der Waals surface area contributed by atoms with Crippen LogP contribution in [-0.2, 0) is 5.41 Å². The topological polar surface area (TPSA) is 11.8 Å². The fraction of sp³-hybridized carbons (Fsp3) is 0.296. The van der Waals surface area contributed by atoms with Gasteiger partial charge in [-0.25, -0.2) is 0 Å². The van der Waals surface area contributed by atoms with Gasteiger partial charge in [0.15, 0.2) is 5.52 Å². The molecular weight excluding hydrogens is 493 g/mol. The molecule has 1 aliphatic heterocycles. The van der Waals surface area contributed by atoms with Crippen molar-refractivity contribution in [3.8, 4) is 0 Å². The highest BCUT2D eigenvalue weighted by Crippen LogP contribution is 2.28. The van der Waals surface area contributed by atoms with Gasteiger partial charge < -0.3 is 28.9 Å². The van der Waals surface area contributed by atoms with E-state index in [0.29, 0.717) is 0 Å². The maximum Gasteiger partial charge on any atom is 0.292 e. The Morgan fingerprint density at radius 3 is 2.35 bits per heavy atom. The van der Waals surface area contributed by atoms with E-state index in [1.54, 1.807) is 0 Å². The minimum Gasteiger partial charge on any atom is -1.00 e. The summed E-state index contributed by atoms with van der Waals surface area (Å²) in [5, 5.41) is 2.59. The average molecular weight is 521 g/mol. The van der Waals surface area contributed by atoms with Gasteiger partial charge in [0.2, 0.25) is 0 Å². The Morgan fingerprint density at radius 1 is 0.806 bits per heavy atom. The highest BCUT2D eigenvalue weighted by Gasteiger charge is 2.20. The summed E-state index contributed by atoms with van der Waals surface area (Å²) in [6.45, 7) is 9.18. The average Bonchev–Trinajstić information content (AvgIpc) is 3.40. The summed E-state index contributed by atoms with van der Waals surface area (Å²) < 4.78 is 4.73. The van der Waals surface area contributed by atoms with E-state index in [0.717, 1.165) is 0 Å². The Kier molecular flexibility index (Phi) is 4.88. The number of imidazole rings is 1. The standard InChI is InChI=1S/C27H28N3.HI/c1-27(2,3)21-8-11-24-19(16-21)7-13-26-29(24)18-23-9-6-20-17-22(28-14-4-5-15-28)10-12-25(20)30(23)26;/h6-13,16-18H,4-5,14-15H2,1-3H3;1H/q+1;/p-1. The number of benzene rings is 2. The van der Waals surface area contributed by atoms with Gasteiger partial charge in [-0.15, -0.1) is 0 Å². The Labute approximate surface area is 200 Å². The lowest BCUT2D eigenvalue weighted by atomic mass is 9.86. The van der Waals surface area contributed by atoms with E-state index in [2.05, 4.69) is 101 Å². The van der Waals surface area contributed by atoms with Crippen molar-refractivity contribution in [2.75, 3.05) is 18.0 Å². The van der Waals surface area contributed by atoms with Gasteiger partial charge in [-0.3, -0.25) is 0 Å². The molecule has 1 aliphatic rings. The molecule has 4 heteroatoms. The first kappa shape index (κ1) is 20.6. The van der Waals surface area contributed by atoms with Gasteiger partial charge in [0, 0.05) is 35.6 Å². The van der Waals surface area contributed by atoms with Crippen molar-refractivity contribution in [2.45, 2.75) is 39.0 Å². The molecule has 0 aliphatic carbocycles. The Hall–Kier alpha value is -2.34. The highest BCUT2D eigenvalue weighted by atomic mass is 127. The van der Waals surface area contributed by atoms with E-state index in [9.17, 15) is 0 Å². The SMILES string of the molecule is CC(C)(C)c1ccc2c(ccc3n4c(ccc5cc(N6CCCC6)ccc54)c[n+]23)c1.[I-]. The zero-order chi connectivity index (χ0) is 20.5.